The molecule has 0 aromatic heterocycles. The summed E-state index contributed by atoms with van der Waals surface area (Å²) < 4.78 is 5.11. The molecule has 19 heavy (non-hydrogen) atoms. The molecule has 0 aromatic rings. The van der Waals surface area contributed by atoms with E-state index in [0.717, 1.165) is 36.0 Å². The second kappa shape index (κ2) is 4.49. The van der Waals surface area contributed by atoms with Crippen LogP contribution in [0.4, 0.5) is 0 Å². The third-order valence-corrected chi connectivity index (χ3v) is 6.70. The predicted octanol–water partition coefficient (Wildman–Crippen LogP) is 3.89. The highest BCUT2D eigenvalue weighted by Crippen LogP contribution is 2.69. The monoisotopic (exact) mass is 264 g/mol. The van der Waals surface area contributed by atoms with Gasteiger partial charge in [0.15, 0.2) is 0 Å². The van der Waals surface area contributed by atoms with E-state index in [1.54, 1.807) is 7.11 Å². The highest BCUT2D eigenvalue weighted by molar-refractivity contribution is 5.77. The molecule has 2 nitrogen and oxygen atoms in total. The number of carbonyl (C=O) groups is 1. The van der Waals surface area contributed by atoms with Crippen molar-refractivity contribution in [1.29, 1.82) is 0 Å². The fourth-order valence-corrected chi connectivity index (χ4v) is 6.24. The number of methoxy groups -OCH3 is 1. The van der Waals surface area contributed by atoms with Crippen LogP contribution in [0.1, 0.15) is 52.9 Å². The van der Waals surface area contributed by atoms with Crippen molar-refractivity contribution in [1.82, 2.24) is 0 Å². The maximum Gasteiger partial charge on any atom is 0.311 e. The van der Waals surface area contributed by atoms with Crippen LogP contribution in [0.2, 0.25) is 0 Å². The van der Waals surface area contributed by atoms with Gasteiger partial charge in [-0.3, -0.25) is 4.79 Å². The molecule has 0 amide bonds. The van der Waals surface area contributed by atoms with Crippen LogP contribution < -0.4 is 0 Å². The number of carbonyl (C=O) groups excluding carboxylic acids is 1. The number of hydrogen-bond acceptors (Lipinski definition) is 2. The van der Waals surface area contributed by atoms with E-state index in [9.17, 15) is 4.79 Å². The molecule has 3 aliphatic carbocycles. The van der Waals surface area contributed by atoms with Gasteiger partial charge >= 0.3 is 5.97 Å². The molecule has 0 spiro atoms. The molecule has 108 valence electrons. The first-order chi connectivity index (χ1) is 9.02. The zero-order valence-electron chi connectivity index (χ0n) is 12.8. The van der Waals surface area contributed by atoms with Gasteiger partial charge in [-0.2, -0.15) is 0 Å². The molecule has 3 aliphatic rings. The molecule has 7 unspecified atom stereocenters. The molecule has 3 fully saturated rings. The standard InChI is InChI=1S/C17H28O2/c1-5-6-11-7-10(2)14-13-8-12(15(11)14)9-17(13,3)16(18)19-4/h10-15H,5-9H2,1-4H3. The Morgan fingerprint density at radius 2 is 2.05 bits per heavy atom. The Labute approximate surface area is 117 Å². The Hall–Kier alpha value is -0.530. The summed E-state index contributed by atoms with van der Waals surface area (Å²) in [5, 5.41) is 0. The SMILES string of the molecule is CCCC1CC(C)C2C1C1CC2C(C)(C(=O)OC)C1. The van der Waals surface area contributed by atoms with Crippen LogP contribution in [-0.4, -0.2) is 13.1 Å². The van der Waals surface area contributed by atoms with Crippen LogP contribution in [0.25, 0.3) is 0 Å². The highest BCUT2D eigenvalue weighted by atomic mass is 16.5. The van der Waals surface area contributed by atoms with Gasteiger partial charge in [0.2, 0.25) is 0 Å². The van der Waals surface area contributed by atoms with E-state index in [1.807, 2.05) is 0 Å². The van der Waals surface area contributed by atoms with Gasteiger partial charge in [-0.15, -0.1) is 0 Å². The van der Waals surface area contributed by atoms with Crippen molar-refractivity contribution in [2.45, 2.75) is 52.9 Å². The molecule has 0 radical (unpaired) electrons. The van der Waals surface area contributed by atoms with Crippen LogP contribution in [0.15, 0.2) is 0 Å². The van der Waals surface area contributed by atoms with E-state index in [4.69, 9.17) is 4.74 Å². The van der Waals surface area contributed by atoms with E-state index in [0.29, 0.717) is 5.92 Å². The molecule has 0 saturated heterocycles. The number of fused-ring (bicyclic) bond motifs is 5. The van der Waals surface area contributed by atoms with E-state index in [-0.39, 0.29) is 11.4 Å². The van der Waals surface area contributed by atoms with Crippen molar-refractivity contribution in [3.05, 3.63) is 0 Å². The van der Waals surface area contributed by atoms with Crippen LogP contribution in [0.3, 0.4) is 0 Å². The Kier molecular flexibility index (Phi) is 3.18. The average Bonchev–Trinajstić information content (AvgIpc) is 3.00. The molecule has 0 heterocycles. The summed E-state index contributed by atoms with van der Waals surface area (Å²) in [7, 11) is 1.55. The zero-order valence-corrected chi connectivity index (χ0v) is 12.8. The van der Waals surface area contributed by atoms with Crippen LogP contribution in [0, 0.1) is 40.9 Å². The van der Waals surface area contributed by atoms with E-state index >= 15 is 0 Å². The molecule has 3 saturated carbocycles. The summed E-state index contributed by atoms with van der Waals surface area (Å²) in [4.78, 5) is 12.2. The average molecular weight is 264 g/mol. The van der Waals surface area contributed by atoms with Crippen molar-refractivity contribution >= 4 is 5.97 Å². The van der Waals surface area contributed by atoms with E-state index in [1.165, 1.54) is 25.7 Å². The summed E-state index contributed by atoms with van der Waals surface area (Å²) >= 11 is 0. The summed E-state index contributed by atoms with van der Waals surface area (Å²) in [6.07, 6.45) is 6.47. The summed E-state index contributed by atoms with van der Waals surface area (Å²) in [5.74, 6) is 4.87. The van der Waals surface area contributed by atoms with Crippen LogP contribution in [-0.2, 0) is 9.53 Å². The quantitative estimate of drug-likeness (QED) is 0.723. The molecule has 2 heteroatoms. The number of hydrogen-bond donors (Lipinski definition) is 0. The van der Waals surface area contributed by atoms with Gasteiger partial charge in [-0.05, 0) is 61.7 Å². The van der Waals surface area contributed by atoms with Crippen LogP contribution >= 0.6 is 0 Å². The van der Waals surface area contributed by atoms with Crippen molar-refractivity contribution < 1.29 is 9.53 Å². The van der Waals surface area contributed by atoms with Gasteiger partial charge in [-0.1, -0.05) is 26.7 Å². The first-order valence-electron chi connectivity index (χ1n) is 8.11. The third-order valence-electron chi connectivity index (χ3n) is 6.70. The molecular weight excluding hydrogens is 236 g/mol. The molecular formula is C17H28O2. The largest absolute Gasteiger partial charge is 0.469 e. The Balaban J connectivity index is 1.85. The van der Waals surface area contributed by atoms with Gasteiger partial charge in [-0.25, -0.2) is 0 Å². The zero-order chi connectivity index (χ0) is 13.8. The van der Waals surface area contributed by atoms with Gasteiger partial charge in [0.05, 0.1) is 12.5 Å². The predicted molar refractivity (Wildman–Crippen MR) is 75.5 cm³/mol. The minimum atomic E-state index is -0.185. The number of ether oxygens (including phenoxy) is 1. The normalized spacial score (nSPS) is 51.4. The third kappa shape index (κ3) is 1.71. The fraction of sp³-hybridized carbons (Fsp3) is 0.941. The lowest BCUT2D eigenvalue weighted by molar-refractivity contribution is -0.157. The van der Waals surface area contributed by atoms with Crippen molar-refractivity contribution in [3.63, 3.8) is 0 Å². The Morgan fingerprint density at radius 1 is 1.32 bits per heavy atom. The maximum absolute atomic E-state index is 12.2. The van der Waals surface area contributed by atoms with E-state index in [2.05, 4.69) is 20.8 Å². The topological polar surface area (TPSA) is 26.3 Å². The lowest BCUT2D eigenvalue weighted by atomic mass is 9.64. The highest BCUT2D eigenvalue weighted by Gasteiger charge is 2.65. The van der Waals surface area contributed by atoms with Crippen molar-refractivity contribution in [3.8, 4) is 0 Å². The van der Waals surface area contributed by atoms with E-state index < -0.39 is 0 Å². The van der Waals surface area contributed by atoms with Gasteiger partial charge in [0, 0.05) is 0 Å². The van der Waals surface area contributed by atoms with Crippen LogP contribution in [0.5, 0.6) is 0 Å². The second-order valence-electron chi connectivity index (χ2n) is 7.63. The lowest BCUT2D eigenvalue weighted by Crippen LogP contribution is -2.42. The molecule has 0 aromatic carbocycles. The number of rotatable bonds is 3. The van der Waals surface area contributed by atoms with Crippen molar-refractivity contribution in [2.24, 2.45) is 40.9 Å². The first-order valence-corrected chi connectivity index (χ1v) is 8.11. The smallest absolute Gasteiger partial charge is 0.311 e. The summed E-state index contributed by atoms with van der Waals surface area (Å²) in [6, 6.07) is 0. The Morgan fingerprint density at radius 3 is 2.68 bits per heavy atom. The lowest BCUT2D eigenvalue weighted by Gasteiger charge is -2.40. The molecule has 2 bridgehead atoms. The summed E-state index contributed by atoms with van der Waals surface area (Å²) in [6.45, 7) is 6.90. The molecule has 3 rings (SSSR count). The molecule has 7 atom stereocenters. The maximum atomic E-state index is 12.2. The molecule has 0 N–H and O–H groups in total. The fourth-order valence-electron chi connectivity index (χ4n) is 6.24. The number of esters is 1. The molecule has 0 aliphatic heterocycles. The second-order valence-corrected chi connectivity index (χ2v) is 7.63. The first kappa shape index (κ1) is 13.5. The van der Waals surface area contributed by atoms with Gasteiger partial charge < -0.3 is 4.74 Å². The minimum absolute atomic E-state index is 0.0459. The Bertz CT molecular complexity index is 377. The summed E-state index contributed by atoms with van der Waals surface area (Å²) in [5.41, 5.74) is -0.185. The van der Waals surface area contributed by atoms with Gasteiger partial charge in [0.25, 0.3) is 0 Å². The van der Waals surface area contributed by atoms with Crippen molar-refractivity contribution in [2.75, 3.05) is 7.11 Å². The minimum Gasteiger partial charge on any atom is -0.469 e. The van der Waals surface area contributed by atoms with Gasteiger partial charge in [0.1, 0.15) is 0 Å².